The zero-order chi connectivity index (χ0) is 65.1. The molecule has 12 atom stereocenters. The molecule has 2 heterocycles. The number of nitrogens with zero attached hydrogens (tertiary/aromatic N) is 8. The number of hydrogen-bond donors (Lipinski definition) is 6. The number of esters is 1. The topological polar surface area (TPSA) is 297 Å². The molecule has 85 heavy (non-hydrogen) atoms. The molecule has 1 aliphatic heterocycles. The van der Waals surface area contributed by atoms with E-state index in [1.165, 1.54) is 52.0 Å². The van der Waals surface area contributed by atoms with Crippen molar-refractivity contribution < 1.29 is 58.1 Å². The quantitative estimate of drug-likeness (QED) is 0.0904. The Kier molecular flexibility index (Phi) is 31.1. The number of aromatic nitrogens is 2. The van der Waals surface area contributed by atoms with Gasteiger partial charge in [0.15, 0.2) is 0 Å². The average molecular weight is 1200 g/mol. The number of amides is 8. The van der Waals surface area contributed by atoms with Gasteiger partial charge in [-0.2, -0.15) is 0 Å². The Morgan fingerprint density at radius 2 is 1.07 bits per heavy atom. The van der Waals surface area contributed by atoms with Gasteiger partial charge in [-0.05, 0) is 113 Å². The van der Waals surface area contributed by atoms with Gasteiger partial charge in [0, 0.05) is 54.1 Å². The number of nitrogens with one attached hydrogen (secondary N) is 4. The number of aryl methyl sites for hydroxylation is 1. The van der Waals surface area contributed by atoms with Crippen molar-refractivity contribution in [3.63, 3.8) is 0 Å². The highest BCUT2D eigenvalue weighted by Crippen LogP contribution is 2.25. The van der Waals surface area contributed by atoms with Crippen molar-refractivity contribution in [2.75, 3.05) is 48.8 Å². The maximum absolute atomic E-state index is 15.2. The molecule has 0 aliphatic carbocycles. The first-order chi connectivity index (χ1) is 39.4. The smallest absolute Gasteiger partial charge is 0.391 e. The van der Waals surface area contributed by atoms with Crippen molar-refractivity contribution in [3.8, 4) is 0 Å². The van der Waals surface area contributed by atoms with Crippen molar-refractivity contribution in [1.29, 1.82) is 0 Å². The monoisotopic (exact) mass is 1200 g/mol. The van der Waals surface area contributed by atoms with Gasteiger partial charge in [0.1, 0.15) is 48.1 Å². The van der Waals surface area contributed by atoms with Crippen molar-refractivity contribution in [1.82, 2.24) is 60.6 Å². The molecule has 2 rings (SSSR count). The summed E-state index contributed by atoms with van der Waals surface area (Å²) >= 11 is 0. The van der Waals surface area contributed by atoms with Crippen LogP contribution in [-0.2, 0) is 49.5 Å². The second-order valence-corrected chi connectivity index (χ2v) is 26.1. The van der Waals surface area contributed by atoms with Crippen LogP contribution < -0.4 is 21.3 Å². The van der Waals surface area contributed by atoms with Gasteiger partial charge in [0.2, 0.25) is 41.4 Å². The van der Waals surface area contributed by atoms with Crippen LogP contribution in [0.5, 0.6) is 0 Å². The van der Waals surface area contributed by atoms with Gasteiger partial charge in [-0.3, -0.25) is 48.7 Å². The van der Waals surface area contributed by atoms with E-state index in [1.54, 1.807) is 53.2 Å². The first-order valence-electron chi connectivity index (χ1n) is 30.5. The Morgan fingerprint density at radius 3 is 1.58 bits per heavy atom. The molecule has 0 saturated carbocycles. The fraction of sp³-hybridized carbons (Fsp3) is 0.787. The average Bonchev–Trinajstić information content (AvgIpc) is 2.48. The molecule has 3 unspecified atom stereocenters. The highest BCUT2D eigenvalue weighted by Gasteiger charge is 2.45. The second-order valence-electron chi connectivity index (χ2n) is 26.1. The highest BCUT2D eigenvalue weighted by atomic mass is 16.6. The fourth-order valence-electron chi connectivity index (χ4n) is 10.7. The molecule has 0 radical (unpaired) electrons. The van der Waals surface area contributed by atoms with Crippen LogP contribution in [0.4, 0.5) is 4.79 Å². The minimum absolute atomic E-state index is 0.0478. The van der Waals surface area contributed by atoms with Crippen LogP contribution in [0.2, 0.25) is 0 Å². The van der Waals surface area contributed by atoms with Crippen molar-refractivity contribution in [2.45, 2.75) is 222 Å². The van der Waals surface area contributed by atoms with Gasteiger partial charge in [0.25, 0.3) is 0 Å². The van der Waals surface area contributed by atoms with E-state index in [0.29, 0.717) is 37.9 Å². The lowest BCUT2D eigenvalue weighted by atomic mass is 9.90. The minimum atomic E-state index is -1.73. The maximum Gasteiger partial charge on any atom is 0.417 e. The lowest BCUT2D eigenvalue weighted by Crippen LogP contribution is -2.64. The first kappa shape index (κ1) is 75.2. The molecule has 0 aromatic carbocycles. The summed E-state index contributed by atoms with van der Waals surface area (Å²) in [6, 6.07) is -7.67. The zero-order valence-corrected chi connectivity index (χ0v) is 55.0. The molecule has 1 fully saturated rings. The maximum atomic E-state index is 15.2. The van der Waals surface area contributed by atoms with E-state index >= 15 is 4.79 Å². The van der Waals surface area contributed by atoms with Crippen LogP contribution in [0.1, 0.15) is 155 Å². The molecule has 1 aromatic heterocycles. The SMILES string of the molecule is CC(C)C[C@@H]1C(=O)N[C@H](CC(C)C)C(=O)N(C)C(C(C)C)C(=O)N(C)C([C@H](O)[C@H](C)CCCc2ncccn2)C(=O)NC([C@@H](C)O)C(=O)N(C)CC(=O)N(C)[C@@H](CC(C)C)C(=O)N[C@H](CC(C)C)N(C)[C@H](CC(C)C)N[C@H](C)C(=O)OC(=O)N1C. The minimum Gasteiger partial charge on any atom is -0.391 e. The normalized spacial score (nSPS) is 26.0. The number of likely N-dealkylation sites (N-methyl/N-ethyl adjacent to an activating group) is 5. The Balaban J connectivity index is 2.96. The summed E-state index contributed by atoms with van der Waals surface area (Å²) in [7, 11) is 8.61. The van der Waals surface area contributed by atoms with E-state index in [-0.39, 0.29) is 48.9 Å². The molecular weight excluding hydrogens is 1090 g/mol. The summed E-state index contributed by atoms with van der Waals surface area (Å²) in [5.41, 5.74) is 0. The summed E-state index contributed by atoms with van der Waals surface area (Å²) in [5, 5.41) is 35.5. The van der Waals surface area contributed by atoms with Crippen LogP contribution >= 0.6 is 0 Å². The molecule has 1 aliphatic rings. The summed E-state index contributed by atoms with van der Waals surface area (Å²) < 4.78 is 5.48. The molecule has 6 N–H and O–H groups in total. The van der Waals surface area contributed by atoms with Crippen molar-refractivity contribution in [2.24, 2.45) is 41.4 Å². The Hall–Kier alpha value is -5.85. The van der Waals surface area contributed by atoms with E-state index in [2.05, 4.69) is 31.2 Å². The van der Waals surface area contributed by atoms with Gasteiger partial charge >= 0.3 is 12.1 Å². The predicted molar refractivity (Wildman–Crippen MR) is 324 cm³/mol. The van der Waals surface area contributed by atoms with Gasteiger partial charge < -0.3 is 50.5 Å². The van der Waals surface area contributed by atoms with Gasteiger partial charge in [-0.15, -0.1) is 0 Å². The number of ether oxygens (including phenoxy) is 1. The second kappa shape index (κ2) is 35.1. The predicted octanol–water partition coefficient (Wildman–Crippen LogP) is 3.63. The molecule has 484 valence electrons. The standard InChI is InChI=1S/C61H108N12O12/c1-34(2)28-43-57(80)72(20)51(39(11)12)59(82)73(21)52(53(76)40(13)24-22-25-46-62-26-23-27-63-46)56(79)67-50(42(15)74)58(81)68(16)33-49(75)69(17)44(29-35(3)4)55(78)66-48(32-38(9)10)71(19)47(31-37(7)8)64-41(14)60(83)85-61(84)70(18)45(30-36(5)6)54(77)65-43/h23,26-27,34-45,47-48,50-53,64,74,76H,22,24-25,28-33H2,1-21H3,(H,65,77)(H,66,78)(H,67,79)/t40-,41-,42-,43-,44+,45-,47-,48+,50?,51?,52?,53-/m1/s1. The first-order valence-corrected chi connectivity index (χ1v) is 30.5. The van der Waals surface area contributed by atoms with Crippen LogP contribution in [0.3, 0.4) is 0 Å². The van der Waals surface area contributed by atoms with E-state index < -0.39 is 139 Å². The molecule has 8 amide bonds. The molecule has 0 bridgehead atoms. The summed E-state index contributed by atoms with van der Waals surface area (Å²) in [6.45, 7) is 26.5. The molecule has 1 saturated heterocycles. The summed E-state index contributed by atoms with van der Waals surface area (Å²) in [5.74, 6) is -7.19. The third kappa shape index (κ3) is 23.1. The van der Waals surface area contributed by atoms with E-state index in [0.717, 1.165) is 14.7 Å². The Bertz CT molecular complexity index is 2340. The summed E-state index contributed by atoms with van der Waals surface area (Å²) in [6.07, 6.45) is 0.293. The number of hydrogen-bond acceptors (Lipinski definition) is 16. The van der Waals surface area contributed by atoms with E-state index in [4.69, 9.17) is 4.74 Å². The fourth-order valence-corrected chi connectivity index (χ4v) is 10.7. The van der Waals surface area contributed by atoms with Crippen LogP contribution in [-0.4, -0.2) is 219 Å². The Labute approximate surface area is 507 Å². The van der Waals surface area contributed by atoms with Crippen LogP contribution in [0, 0.1) is 41.4 Å². The van der Waals surface area contributed by atoms with Gasteiger partial charge in [0.05, 0.1) is 31.1 Å². The molecule has 0 spiro atoms. The third-order valence-corrected chi connectivity index (χ3v) is 15.7. The zero-order valence-electron chi connectivity index (χ0n) is 55.0. The largest absolute Gasteiger partial charge is 0.417 e. The van der Waals surface area contributed by atoms with Crippen molar-refractivity contribution >= 4 is 53.4 Å². The lowest BCUT2D eigenvalue weighted by molar-refractivity contribution is -0.155. The number of carbonyl (C=O) groups is 9. The number of carbonyl (C=O) groups excluding carboxylic acids is 9. The van der Waals surface area contributed by atoms with Crippen molar-refractivity contribution in [3.05, 3.63) is 24.3 Å². The molecular formula is C61H108N12O12. The van der Waals surface area contributed by atoms with Gasteiger partial charge in [-0.25, -0.2) is 19.6 Å². The number of cyclic esters (lactones) is 2. The molecule has 24 nitrogen and oxygen atoms in total. The molecule has 1 aromatic rings. The third-order valence-electron chi connectivity index (χ3n) is 15.7. The number of aliphatic hydroxyl groups excluding tert-OH is 2. The van der Waals surface area contributed by atoms with Crippen LogP contribution in [0.25, 0.3) is 0 Å². The van der Waals surface area contributed by atoms with E-state index in [1.807, 2.05) is 74.1 Å². The van der Waals surface area contributed by atoms with Crippen LogP contribution in [0.15, 0.2) is 18.5 Å². The number of aliphatic hydroxyl groups is 2. The summed E-state index contributed by atoms with van der Waals surface area (Å²) in [4.78, 5) is 147. The van der Waals surface area contributed by atoms with Gasteiger partial charge in [-0.1, -0.05) is 90.0 Å². The van der Waals surface area contributed by atoms with E-state index in [9.17, 15) is 48.6 Å². The Morgan fingerprint density at radius 1 is 0.576 bits per heavy atom. The lowest BCUT2D eigenvalue weighted by Gasteiger charge is -2.40. The highest BCUT2D eigenvalue weighted by molar-refractivity contribution is 5.98. The number of rotatable bonds is 18. The molecule has 24 heteroatoms.